The molecule has 0 aromatic carbocycles. The SMILES string of the molecule is [Mo+6].[Ni+2].[S-2].[S-2].[S-2].[S-2].[S-2].[S-2].[S-2].[W+6]. The Balaban J connectivity index is 0. The Morgan fingerprint density at radius 3 is 0.400 bits per heavy atom. The maximum atomic E-state index is 0. The van der Waals surface area contributed by atoms with Gasteiger partial charge in [0.1, 0.15) is 0 Å². The molecule has 0 saturated heterocycles. The molecule has 0 rings (SSSR count). The first-order chi connectivity index (χ1) is 0. The van der Waals surface area contributed by atoms with E-state index in [9.17, 15) is 0 Å². The molecule has 0 aromatic heterocycles. The maximum Gasteiger partial charge on any atom is 6.00 e. The molecule has 0 aromatic rings. The van der Waals surface area contributed by atoms with Crippen LogP contribution in [0.5, 0.6) is 0 Å². The average molecular weight is 563 g/mol. The topological polar surface area (TPSA) is 0 Å². The molecular formula is MoNiS7W. The van der Waals surface area contributed by atoms with Crippen LogP contribution in [0, 0.1) is 0 Å². The van der Waals surface area contributed by atoms with Crippen molar-refractivity contribution in [3.05, 3.63) is 0 Å². The van der Waals surface area contributed by atoms with Gasteiger partial charge in [-0.1, -0.05) is 0 Å². The van der Waals surface area contributed by atoms with Crippen LogP contribution in [0.2, 0.25) is 0 Å². The minimum Gasteiger partial charge on any atom is -2.00 e. The fourth-order valence-corrected chi connectivity index (χ4v) is 0. The molecule has 64 valence electrons. The van der Waals surface area contributed by atoms with Gasteiger partial charge in [0, 0.05) is 0 Å². The summed E-state index contributed by atoms with van der Waals surface area (Å²) < 4.78 is 0. The molecule has 0 unspecified atom stereocenters. The molecule has 0 aliphatic carbocycles. The molecule has 0 radical (unpaired) electrons. The zero-order valence-electron chi connectivity index (χ0n) is 3.99. The van der Waals surface area contributed by atoms with Crippen LogP contribution >= 0.6 is 0 Å². The fourth-order valence-electron chi connectivity index (χ4n) is 0. The third-order valence-electron chi connectivity index (χ3n) is 0. The molecule has 0 bridgehead atoms. The summed E-state index contributed by atoms with van der Waals surface area (Å²) in [7, 11) is 0. The molecule has 0 N–H and O–H groups in total. The van der Waals surface area contributed by atoms with E-state index in [1.54, 1.807) is 0 Å². The van der Waals surface area contributed by atoms with Crippen LogP contribution in [-0.4, -0.2) is 0 Å². The van der Waals surface area contributed by atoms with Crippen LogP contribution in [0.25, 0.3) is 0 Å². The minimum atomic E-state index is 0. The standard InChI is InChI=1S/Mo.Ni.7S.W/q+6;+2;7*-2;+6. The Labute approximate surface area is 151 Å². The molecule has 0 aliphatic rings. The van der Waals surface area contributed by atoms with Crippen molar-refractivity contribution in [3.8, 4) is 0 Å². The molecule has 10 heteroatoms. The van der Waals surface area contributed by atoms with E-state index in [0.29, 0.717) is 0 Å². The molecule has 10 heavy (non-hydrogen) atoms. The van der Waals surface area contributed by atoms with E-state index in [-0.39, 0.29) is 153 Å². The van der Waals surface area contributed by atoms with Crippen LogP contribution < -0.4 is 0 Å². The first-order valence-electron chi connectivity index (χ1n) is 0. The van der Waals surface area contributed by atoms with Gasteiger partial charge in [0.05, 0.1) is 0 Å². The summed E-state index contributed by atoms with van der Waals surface area (Å²) in [5.41, 5.74) is 0. The summed E-state index contributed by atoms with van der Waals surface area (Å²) in [6, 6.07) is 0. The average Bonchev–Trinajstić information content (AvgIpc) is 0. The first kappa shape index (κ1) is 136. The normalized spacial score (nSPS) is 0. The van der Waals surface area contributed by atoms with Crippen molar-refractivity contribution in [1.29, 1.82) is 0 Å². The van der Waals surface area contributed by atoms with Crippen LogP contribution in [0.3, 0.4) is 0 Å². The van der Waals surface area contributed by atoms with Gasteiger partial charge in [0.15, 0.2) is 0 Å². The van der Waals surface area contributed by atoms with E-state index < -0.39 is 0 Å². The van der Waals surface area contributed by atoms with Crippen LogP contribution in [-0.2, 0) is 153 Å². The Kier molecular flexibility index (Phi) is 1470. The van der Waals surface area contributed by atoms with Gasteiger partial charge in [-0.05, 0) is 0 Å². The molecule has 0 spiro atoms. The fraction of sp³-hybridized carbons (Fsp3) is 0. The van der Waals surface area contributed by atoms with Crippen LogP contribution in [0.1, 0.15) is 0 Å². The Morgan fingerprint density at radius 2 is 0.400 bits per heavy atom. The van der Waals surface area contributed by atoms with Gasteiger partial charge in [-0.3, -0.25) is 0 Å². The monoisotopic (exact) mass is 564 g/mol. The molecule has 0 atom stereocenters. The molecular weight excluding hydrogens is 563 g/mol. The van der Waals surface area contributed by atoms with Gasteiger partial charge < -0.3 is 94.5 Å². The predicted octanol–water partition coefficient (Wildman–Crippen LogP) is -0.0243. The van der Waals surface area contributed by atoms with Gasteiger partial charge in [0.25, 0.3) is 0 Å². The molecule has 0 fully saturated rings. The van der Waals surface area contributed by atoms with Gasteiger partial charge in [0.2, 0.25) is 0 Å². The second-order valence-corrected chi connectivity index (χ2v) is 0. The number of hydrogen-bond acceptors (Lipinski definition) is 0. The van der Waals surface area contributed by atoms with Crippen molar-refractivity contribution in [1.82, 2.24) is 0 Å². The number of rotatable bonds is 0. The van der Waals surface area contributed by atoms with E-state index in [1.807, 2.05) is 0 Å². The van der Waals surface area contributed by atoms with Crippen LogP contribution in [0.15, 0.2) is 0 Å². The van der Waals surface area contributed by atoms with Crippen molar-refractivity contribution in [2.45, 2.75) is 0 Å². The molecule has 0 nitrogen and oxygen atoms in total. The molecule has 0 saturated carbocycles. The quantitative estimate of drug-likeness (QED) is 0.364. The van der Waals surface area contributed by atoms with E-state index in [1.165, 1.54) is 0 Å². The van der Waals surface area contributed by atoms with E-state index in [0.717, 1.165) is 0 Å². The van der Waals surface area contributed by atoms with Gasteiger partial charge in [-0.25, -0.2) is 0 Å². The smallest absolute Gasteiger partial charge is 2.00 e. The Morgan fingerprint density at radius 1 is 0.400 bits per heavy atom. The Bertz CT molecular complexity index is 13.6. The van der Waals surface area contributed by atoms with Crippen molar-refractivity contribution >= 4 is 94.5 Å². The first-order valence-corrected chi connectivity index (χ1v) is 0. The van der Waals surface area contributed by atoms with E-state index in [4.69, 9.17) is 0 Å². The third kappa shape index (κ3) is 84.6. The number of hydrogen-bond donors (Lipinski definition) is 0. The van der Waals surface area contributed by atoms with E-state index >= 15 is 0 Å². The zero-order valence-corrected chi connectivity index (χ0v) is 15.6. The van der Waals surface area contributed by atoms with Gasteiger partial charge in [-0.2, -0.15) is 0 Å². The summed E-state index contributed by atoms with van der Waals surface area (Å²) in [6.45, 7) is 0. The van der Waals surface area contributed by atoms with Crippen molar-refractivity contribution in [2.75, 3.05) is 0 Å². The van der Waals surface area contributed by atoms with Crippen molar-refractivity contribution in [3.63, 3.8) is 0 Å². The van der Waals surface area contributed by atoms with Crippen molar-refractivity contribution < 1.29 is 58.6 Å². The summed E-state index contributed by atoms with van der Waals surface area (Å²) in [5, 5.41) is 0. The minimum absolute atomic E-state index is 0. The van der Waals surface area contributed by atoms with Gasteiger partial charge >= 0.3 is 58.6 Å². The summed E-state index contributed by atoms with van der Waals surface area (Å²) in [5.74, 6) is 0. The maximum absolute atomic E-state index is 0. The molecule has 0 amide bonds. The summed E-state index contributed by atoms with van der Waals surface area (Å²) in [4.78, 5) is 0. The Hall–Kier alpha value is 4.32. The second kappa shape index (κ2) is 108. The van der Waals surface area contributed by atoms with E-state index in [2.05, 4.69) is 0 Å². The van der Waals surface area contributed by atoms with Crippen LogP contribution in [0.4, 0.5) is 0 Å². The summed E-state index contributed by atoms with van der Waals surface area (Å²) >= 11 is 0. The largest absolute Gasteiger partial charge is 6.00 e. The van der Waals surface area contributed by atoms with Crippen molar-refractivity contribution in [2.24, 2.45) is 0 Å². The predicted molar refractivity (Wildman–Crippen MR) is 51.6 cm³/mol. The molecule has 0 heterocycles. The third-order valence-corrected chi connectivity index (χ3v) is 0. The van der Waals surface area contributed by atoms with Gasteiger partial charge in [-0.15, -0.1) is 0 Å². The zero-order chi connectivity index (χ0) is 0. The second-order valence-electron chi connectivity index (χ2n) is 0. The summed E-state index contributed by atoms with van der Waals surface area (Å²) in [6.07, 6.45) is 0. The molecule has 0 aliphatic heterocycles.